The number of hydrogen-bond acceptors (Lipinski definition) is 4. The van der Waals surface area contributed by atoms with E-state index >= 15 is 0 Å². The Morgan fingerprint density at radius 2 is 1.92 bits per heavy atom. The molecule has 2 fully saturated rings. The van der Waals surface area contributed by atoms with E-state index in [-0.39, 0.29) is 53.9 Å². The first-order valence-electron chi connectivity index (χ1n) is 13.7. The van der Waals surface area contributed by atoms with Gasteiger partial charge in [-0.15, -0.1) is 0 Å². The molecular formula is C29H38F2N4O3. The maximum absolute atomic E-state index is 14.2. The molecule has 2 amide bonds. The molecular weight excluding hydrogens is 490 g/mol. The second-order valence-corrected chi connectivity index (χ2v) is 11.3. The number of Topliss-reactive ketones (excluding diaryl/α,β-unsaturated/α-hetero) is 1. The molecule has 1 aromatic carbocycles. The Hall–Kier alpha value is -3.10. The third-order valence-electron chi connectivity index (χ3n) is 8.03. The molecule has 5 atom stereocenters. The normalized spacial score (nSPS) is 22.7. The predicted octanol–water partition coefficient (Wildman–Crippen LogP) is 4.99. The topological polar surface area (TPSA) is 95.2 Å². The number of nitrogens with one attached hydrogen (secondary N) is 2. The number of amides is 2. The number of hydrogen-bond donors (Lipinski definition) is 2. The van der Waals surface area contributed by atoms with Crippen LogP contribution in [-0.2, 0) is 14.4 Å². The minimum absolute atomic E-state index is 0.0465. The van der Waals surface area contributed by atoms with E-state index < -0.39 is 17.7 Å². The molecule has 0 spiro atoms. The third kappa shape index (κ3) is 6.48. The minimum Gasteiger partial charge on any atom is -0.346 e. The second-order valence-electron chi connectivity index (χ2n) is 11.3. The van der Waals surface area contributed by atoms with Crippen LogP contribution in [0.25, 0.3) is 11.3 Å². The van der Waals surface area contributed by atoms with Crippen LogP contribution in [0.2, 0.25) is 0 Å². The molecule has 2 aliphatic rings. The van der Waals surface area contributed by atoms with Crippen molar-refractivity contribution in [2.45, 2.75) is 84.2 Å². The van der Waals surface area contributed by atoms with E-state index in [1.54, 1.807) is 0 Å². The van der Waals surface area contributed by atoms with Gasteiger partial charge in [0.05, 0.1) is 24.4 Å². The fraction of sp³-hybridized carbons (Fsp3) is 0.586. The van der Waals surface area contributed by atoms with Crippen molar-refractivity contribution in [2.24, 2.45) is 17.8 Å². The molecule has 1 aliphatic carbocycles. The maximum Gasteiger partial charge on any atom is 0.225 e. The number of carbonyl (C=O) groups is 3. The average molecular weight is 529 g/mol. The Bertz CT molecular complexity index is 1180. The number of aromatic nitrogens is 2. The molecule has 4 rings (SSSR count). The molecule has 1 saturated carbocycles. The van der Waals surface area contributed by atoms with Crippen molar-refractivity contribution in [3.05, 3.63) is 41.9 Å². The molecule has 7 nitrogen and oxygen atoms in total. The van der Waals surface area contributed by atoms with Crippen molar-refractivity contribution in [3.63, 3.8) is 0 Å². The lowest BCUT2D eigenvalue weighted by Gasteiger charge is -2.34. The van der Waals surface area contributed by atoms with Gasteiger partial charge in [-0.3, -0.25) is 14.4 Å². The maximum atomic E-state index is 14.2. The van der Waals surface area contributed by atoms with Crippen LogP contribution in [0, 0.1) is 29.4 Å². The molecule has 2 aromatic rings. The van der Waals surface area contributed by atoms with Crippen LogP contribution in [0.3, 0.4) is 0 Å². The van der Waals surface area contributed by atoms with Gasteiger partial charge in [-0.2, -0.15) is 0 Å². The largest absolute Gasteiger partial charge is 0.346 e. The molecule has 2 unspecified atom stereocenters. The van der Waals surface area contributed by atoms with Crippen molar-refractivity contribution in [1.29, 1.82) is 0 Å². The van der Waals surface area contributed by atoms with Crippen molar-refractivity contribution in [3.8, 4) is 11.3 Å². The van der Waals surface area contributed by atoms with Crippen LogP contribution in [0.15, 0.2) is 24.4 Å². The van der Waals surface area contributed by atoms with E-state index in [2.05, 4.69) is 29.1 Å². The summed E-state index contributed by atoms with van der Waals surface area (Å²) in [4.78, 5) is 48.8. The molecule has 9 heteroatoms. The van der Waals surface area contributed by atoms with Gasteiger partial charge in [-0.05, 0) is 56.6 Å². The van der Waals surface area contributed by atoms with E-state index in [1.807, 2.05) is 18.7 Å². The molecule has 0 bridgehead atoms. The number of nitrogens with zero attached hydrogens (tertiary/aromatic N) is 2. The van der Waals surface area contributed by atoms with Crippen molar-refractivity contribution in [1.82, 2.24) is 20.2 Å². The molecule has 1 saturated heterocycles. The van der Waals surface area contributed by atoms with E-state index in [0.717, 1.165) is 31.7 Å². The van der Waals surface area contributed by atoms with Gasteiger partial charge in [0, 0.05) is 42.5 Å². The van der Waals surface area contributed by atoms with Gasteiger partial charge >= 0.3 is 0 Å². The molecule has 2 N–H and O–H groups in total. The van der Waals surface area contributed by atoms with Crippen LogP contribution in [0.4, 0.5) is 8.78 Å². The summed E-state index contributed by atoms with van der Waals surface area (Å²) in [6, 6.07) is 2.51. The monoisotopic (exact) mass is 528 g/mol. The van der Waals surface area contributed by atoms with Gasteiger partial charge < -0.3 is 15.2 Å². The molecule has 0 radical (unpaired) electrons. The summed E-state index contributed by atoms with van der Waals surface area (Å²) in [5.74, 6) is -1.23. The number of H-pyrrole nitrogens is 1. The number of piperidine rings is 1. The van der Waals surface area contributed by atoms with Crippen LogP contribution >= 0.6 is 0 Å². The zero-order chi connectivity index (χ0) is 27.6. The number of halogens is 2. The lowest BCUT2D eigenvalue weighted by Crippen LogP contribution is -2.48. The van der Waals surface area contributed by atoms with Gasteiger partial charge in [-0.1, -0.05) is 20.8 Å². The Balaban J connectivity index is 1.45. The summed E-state index contributed by atoms with van der Waals surface area (Å²) >= 11 is 0. The molecule has 1 aliphatic heterocycles. The summed E-state index contributed by atoms with van der Waals surface area (Å²) in [6.45, 7) is 8.66. The van der Waals surface area contributed by atoms with Crippen molar-refractivity contribution in [2.75, 3.05) is 6.54 Å². The van der Waals surface area contributed by atoms with E-state index in [1.165, 1.54) is 18.3 Å². The second kappa shape index (κ2) is 11.7. The summed E-state index contributed by atoms with van der Waals surface area (Å²) < 4.78 is 27.5. The van der Waals surface area contributed by atoms with Gasteiger partial charge in [0.15, 0.2) is 5.78 Å². The SMILES string of the molecule is CC(C)C1CC1C(=O)N[C@@H](CC(=O)N1CCCC[C@@H]1C)C(=O)C[C@@H](C)c1ncc(-c2ccc(F)cc2F)[nH]1. The standard InChI is InChI=1S/C29H38F2N4O3/c1-16(2)21-13-22(21)29(38)34-24(14-27(37)35-10-6-5-7-18(35)4)26(36)11-17(3)28-32-15-25(33-28)20-9-8-19(30)12-23(20)31/h8-9,12,15-18,21-22,24H,5-7,10-11,13-14H2,1-4H3,(H,32,33)(H,34,38)/t17-,18+,21?,22?,24+/m1/s1. The van der Waals surface area contributed by atoms with Crippen LogP contribution in [-0.4, -0.2) is 51.1 Å². The average Bonchev–Trinajstić information content (AvgIpc) is 3.53. The summed E-state index contributed by atoms with van der Waals surface area (Å²) in [5.41, 5.74) is 0.559. The fourth-order valence-corrected chi connectivity index (χ4v) is 5.51. The predicted molar refractivity (Wildman–Crippen MR) is 140 cm³/mol. The zero-order valence-electron chi connectivity index (χ0n) is 22.6. The van der Waals surface area contributed by atoms with Crippen LogP contribution in [0.1, 0.15) is 78.0 Å². The number of imidazole rings is 1. The van der Waals surface area contributed by atoms with E-state index in [9.17, 15) is 23.2 Å². The quantitative estimate of drug-likeness (QED) is 0.454. The molecule has 1 aromatic heterocycles. The number of likely N-dealkylation sites (tertiary alicyclic amines) is 1. The van der Waals surface area contributed by atoms with Crippen molar-refractivity contribution < 1.29 is 23.2 Å². The highest BCUT2D eigenvalue weighted by molar-refractivity contribution is 5.94. The Morgan fingerprint density at radius 3 is 2.58 bits per heavy atom. The smallest absolute Gasteiger partial charge is 0.225 e. The zero-order valence-corrected chi connectivity index (χ0v) is 22.6. The first-order chi connectivity index (χ1) is 18.0. The van der Waals surface area contributed by atoms with Crippen LogP contribution < -0.4 is 5.32 Å². The highest BCUT2D eigenvalue weighted by Gasteiger charge is 2.45. The van der Waals surface area contributed by atoms with Gasteiger partial charge in [0.25, 0.3) is 0 Å². The first kappa shape index (κ1) is 27.9. The summed E-state index contributed by atoms with van der Waals surface area (Å²) in [6.07, 6.45) is 5.18. The summed E-state index contributed by atoms with van der Waals surface area (Å²) in [7, 11) is 0. The lowest BCUT2D eigenvalue weighted by atomic mass is 9.96. The number of rotatable bonds is 10. The number of ketones is 1. The number of aromatic amines is 1. The minimum atomic E-state index is -0.913. The van der Waals surface area contributed by atoms with E-state index in [4.69, 9.17) is 0 Å². The summed E-state index contributed by atoms with van der Waals surface area (Å²) in [5, 5.41) is 2.90. The Labute approximate surface area is 222 Å². The highest BCUT2D eigenvalue weighted by atomic mass is 19.1. The number of carbonyl (C=O) groups excluding carboxylic acids is 3. The highest BCUT2D eigenvalue weighted by Crippen LogP contribution is 2.44. The number of benzene rings is 1. The van der Waals surface area contributed by atoms with Gasteiger partial charge in [0.2, 0.25) is 11.8 Å². The van der Waals surface area contributed by atoms with E-state index in [0.29, 0.717) is 29.9 Å². The molecule has 38 heavy (non-hydrogen) atoms. The van der Waals surface area contributed by atoms with Crippen molar-refractivity contribution >= 4 is 17.6 Å². The molecule has 206 valence electrons. The van der Waals surface area contributed by atoms with Gasteiger partial charge in [0.1, 0.15) is 17.5 Å². The molecule has 2 heterocycles. The fourth-order valence-electron chi connectivity index (χ4n) is 5.51. The lowest BCUT2D eigenvalue weighted by molar-refractivity contribution is -0.138. The third-order valence-corrected chi connectivity index (χ3v) is 8.03. The Kier molecular flexibility index (Phi) is 8.63. The first-order valence-corrected chi connectivity index (χ1v) is 13.7. The van der Waals surface area contributed by atoms with Gasteiger partial charge in [-0.25, -0.2) is 13.8 Å². The van der Waals surface area contributed by atoms with Crippen LogP contribution in [0.5, 0.6) is 0 Å². The Morgan fingerprint density at radius 1 is 1.16 bits per heavy atom.